The molecule has 1 aromatic rings. The highest BCUT2D eigenvalue weighted by molar-refractivity contribution is 7.90. The lowest BCUT2D eigenvalue weighted by molar-refractivity contribution is -0.385. The lowest BCUT2D eigenvalue weighted by atomic mass is 10.3. The van der Waals surface area contributed by atoms with Crippen molar-refractivity contribution in [1.82, 2.24) is 4.98 Å². The summed E-state index contributed by atoms with van der Waals surface area (Å²) in [4.78, 5) is 22.8. The minimum absolute atomic E-state index is 0.00201. The number of carboxylic acids is 1. The van der Waals surface area contributed by atoms with Gasteiger partial charge in [-0.2, -0.15) is 0 Å². The number of carboxylic acid groups (broad SMARTS) is 1. The number of hydrogen-bond donors (Lipinski definition) is 2. The zero-order valence-electron chi connectivity index (χ0n) is 8.84. The maximum Gasteiger partial charge on any atom is 0.352 e. The number of carbonyl (C=O) groups is 1. The van der Waals surface area contributed by atoms with E-state index in [1.807, 2.05) is 0 Å². The molecule has 0 fully saturated rings. The van der Waals surface area contributed by atoms with Gasteiger partial charge in [-0.05, 0) is 0 Å². The number of nitro groups is 1. The van der Waals surface area contributed by atoms with Gasteiger partial charge in [-0.15, -0.1) is 0 Å². The molecule has 1 heterocycles. The highest BCUT2D eigenvalue weighted by Crippen LogP contribution is 2.20. The van der Waals surface area contributed by atoms with E-state index >= 15 is 0 Å². The van der Waals surface area contributed by atoms with Crippen LogP contribution < -0.4 is 0 Å². The molecule has 0 bridgehead atoms. The second-order valence-corrected chi connectivity index (χ2v) is 5.75. The van der Waals surface area contributed by atoms with Crippen LogP contribution in [0.4, 0.5) is 5.69 Å². The van der Waals surface area contributed by atoms with Crippen molar-refractivity contribution < 1.29 is 23.2 Å². The maximum absolute atomic E-state index is 10.9. The van der Waals surface area contributed by atoms with Gasteiger partial charge < -0.3 is 10.1 Å². The standard InChI is InChI=1S/C8H10N2O6S/c1-17(15,16)3-2-5-7(10(13)14)4-6(9-5)8(11)12/h4,9H,2-3H2,1H3,(H,11,12). The lowest BCUT2D eigenvalue weighted by Crippen LogP contribution is -2.07. The SMILES string of the molecule is CS(=O)(=O)CCc1[nH]c(C(=O)O)cc1[N+](=O)[O-]. The van der Waals surface area contributed by atoms with Crippen LogP contribution in [0.2, 0.25) is 0 Å². The van der Waals surface area contributed by atoms with Crippen LogP contribution >= 0.6 is 0 Å². The lowest BCUT2D eigenvalue weighted by Gasteiger charge is -1.96. The Morgan fingerprint density at radius 3 is 2.59 bits per heavy atom. The number of hydrogen-bond acceptors (Lipinski definition) is 5. The largest absolute Gasteiger partial charge is 0.477 e. The Hall–Kier alpha value is -1.90. The molecule has 0 atom stereocenters. The summed E-state index contributed by atoms with van der Waals surface area (Å²) in [6.45, 7) is 0. The van der Waals surface area contributed by atoms with Crippen LogP contribution in [0.15, 0.2) is 6.07 Å². The number of sulfone groups is 1. The van der Waals surface area contributed by atoms with Crippen molar-refractivity contribution in [3.8, 4) is 0 Å². The van der Waals surface area contributed by atoms with Crippen molar-refractivity contribution in [3.63, 3.8) is 0 Å². The van der Waals surface area contributed by atoms with E-state index in [0.29, 0.717) is 0 Å². The fourth-order valence-corrected chi connectivity index (χ4v) is 1.82. The molecule has 0 saturated heterocycles. The van der Waals surface area contributed by atoms with Crippen LogP contribution in [0.1, 0.15) is 16.2 Å². The fourth-order valence-electron chi connectivity index (χ4n) is 1.24. The Morgan fingerprint density at radius 1 is 1.59 bits per heavy atom. The van der Waals surface area contributed by atoms with Crippen molar-refractivity contribution in [2.75, 3.05) is 12.0 Å². The molecule has 0 unspecified atom stereocenters. The minimum atomic E-state index is -3.27. The van der Waals surface area contributed by atoms with Crippen LogP contribution in [0.5, 0.6) is 0 Å². The van der Waals surface area contributed by atoms with Crippen LogP contribution in [0.25, 0.3) is 0 Å². The summed E-state index contributed by atoms with van der Waals surface area (Å²) in [5.41, 5.74) is -0.746. The molecule has 0 aliphatic heterocycles. The molecule has 0 spiro atoms. The third-order valence-corrected chi connectivity index (χ3v) is 2.97. The van der Waals surface area contributed by atoms with Crippen molar-refractivity contribution in [2.24, 2.45) is 0 Å². The molecule has 0 aromatic carbocycles. The smallest absolute Gasteiger partial charge is 0.352 e. The second-order valence-electron chi connectivity index (χ2n) is 3.49. The van der Waals surface area contributed by atoms with Gasteiger partial charge in [-0.1, -0.05) is 0 Å². The molecule has 0 aliphatic carbocycles. The van der Waals surface area contributed by atoms with E-state index in [0.717, 1.165) is 12.3 Å². The van der Waals surface area contributed by atoms with E-state index in [1.165, 1.54) is 0 Å². The van der Waals surface area contributed by atoms with Gasteiger partial charge in [0, 0.05) is 18.7 Å². The number of rotatable bonds is 5. The summed E-state index contributed by atoms with van der Waals surface area (Å²) < 4.78 is 21.9. The van der Waals surface area contributed by atoms with Crippen molar-refractivity contribution in [3.05, 3.63) is 27.6 Å². The number of aromatic nitrogens is 1. The highest BCUT2D eigenvalue weighted by Gasteiger charge is 2.21. The van der Waals surface area contributed by atoms with Crippen molar-refractivity contribution >= 4 is 21.5 Å². The molecule has 1 rings (SSSR count). The van der Waals surface area contributed by atoms with E-state index in [1.54, 1.807) is 0 Å². The molecule has 0 saturated carbocycles. The fraction of sp³-hybridized carbons (Fsp3) is 0.375. The van der Waals surface area contributed by atoms with E-state index in [-0.39, 0.29) is 23.6 Å². The van der Waals surface area contributed by atoms with Gasteiger partial charge in [0.1, 0.15) is 15.5 Å². The molecular weight excluding hydrogens is 252 g/mol. The highest BCUT2D eigenvalue weighted by atomic mass is 32.2. The number of aromatic carboxylic acids is 1. The third kappa shape index (κ3) is 3.55. The molecule has 9 heteroatoms. The predicted molar refractivity (Wildman–Crippen MR) is 57.8 cm³/mol. The van der Waals surface area contributed by atoms with E-state index < -0.39 is 26.4 Å². The Bertz CT molecular complexity index is 559. The molecule has 8 nitrogen and oxygen atoms in total. The molecule has 1 aromatic heterocycles. The van der Waals surface area contributed by atoms with Crippen molar-refractivity contribution in [1.29, 1.82) is 0 Å². The maximum atomic E-state index is 10.9. The number of H-pyrrole nitrogens is 1. The average Bonchev–Trinajstić information content (AvgIpc) is 2.57. The van der Waals surface area contributed by atoms with Crippen LogP contribution in [-0.4, -0.2) is 41.4 Å². The average molecular weight is 262 g/mol. The topological polar surface area (TPSA) is 130 Å². The zero-order chi connectivity index (χ0) is 13.2. The molecular formula is C8H10N2O6S. The van der Waals surface area contributed by atoms with Gasteiger partial charge in [-0.25, -0.2) is 13.2 Å². The Morgan fingerprint density at radius 2 is 2.18 bits per heavy atom. The molecule has 0 aliphatic rings. The molecule has 2 N–H and O–H groups in total. The van der Waals surface area contributed by atoms with Gasteiger partial charge in [0.15, 0.2) is 0 Å². The Labute approximate surface area is 96.3 Å². The van der Waals surface area contributed by atoms with E-state index in [9.17, 15) is 23.3 Å². The van der Waals surface area contributed by atoms with Gasteiger partial charge in [-0.3, -0.25) is 10.1 Å². The molecule has 94 valence electrons. The van der Waals surface area contributed by atoms with E-state index in [2.05, 4.69) is 4.98 Å². The van der Waals surface area contributed by atoms with Crippen LogP contribution in [0.3, 0.4) is 0 Å². The van der Waals surface area contributed by atoms with Gasteiger partial charge in [0.05, 0.1) is 16.4 Å². The quantitative estimate of drug-likeness (QED) is 0.576. The first-order valence-corrected chi connectivity index (χ1v) is 6.54. The van der Waals surface area contributed by atoms with Crippen LogP contribution in [-0.2, 0) is 16.3 Å². The number of aryl methyl sites for hydroxylation is 1. The first-order chi connectivity index (χ1) is 7.70. The number of aromatic amines is 1. The first-order valence-electron chi connectivity index (χ1n) is 4.48. The summed E-state index contributed by atoms with van der Waals surface area (Å²) in [5, 5.41) is 19.3. The Balaban J connectivity index is 3.05. The monoisotopic (exact) mass is 262 g/mol. The van der Waals surface area contributed by atoms with Gasteiger partial charge >= 0.3 is 5.97 Å². The summed E-state index contributed by atoms with van der Waals surface area (Å²) in [6.07, 6.45) is 0.877. The Kier molecular flexibility index (Phi) is 3.51. The zero-order valence-corrected chi connectivity index (χ0v) is 9.65. The molecule has 17 heavy (non-hydrogen) atoms. The summed E-state index contributed by atoms with van der Waals surface area (Å²) in [7, 11) is -3.27. The minimum Gasteiger partial charge on any atom is -0.477 e. The molecule has 0 radical (unpaired) electrons. The summed E-state index contributed by atoms with van der Waals surface area (Å²) in [6, 6.07) is 0.875. The van der Waals surface area contributed by atoms with Crippen LogP contribution in [0, 0.1) is 10.1 Å². The van der Waals surface area contributed by atoms with Gasteiger partial charge in [0.2, 0.25) is 0 Å². The van der Waals surface area contributed by atoms with E-state index in [4.69, 9.17) is 5.11 Å². The first kappa shape index (κ1) is 13.2. The predicted octanol–water partition coefficient (Wildman–Crippen LogP) is 0.208. The second kappa shape index (κ2) is 4.53. The number of nitrogens with zero attached hydrogens (tertiary/aromatic N) is 1. The van der Waals surface area contributed by atoms with Gasteiger partial charge in [0.25, 0.3) is 5.69 Å². The van der Waals surface area contributed by atoms with Crippen molar-refractivity contribution in [2.45, 2.75) is 6.42 Å². The third-order valence-electron chi connectivity index (χ3n) is 2.03. The normalized spacial score (nSPS) is 11.4. The summed E-state index contributed by atoms with van der Waals surface area (Å²) >= 11 is 0. The molecule has 0 amide bonds. The summed E-state index contributed by atoms with van der Waals surface area (Å²) in [5.74, 6) is -1.62. The number of nitrogens with one attached hydrogen (secondary N) is 1.